The number of aromatic nitrogens is 3. The summed E-state index contributed by atoms with van der Waals surface area (Å²) in [6, 6.07) is 3.47. The lowest BCUT2D eigenvalue weighted by Gasteiger charge is -2.08. The van der Waals surface area contributed by atoms with Crippen molar-refractivity contribution in [1.29, 1.82) is 0 Å². The van der Waals surface area contributed by atoms with Gasteiger partial charge in [-0.05, 0) is 30.4 Å². The van der Waals surface area contributed by atoms with Gasteiger partial charge >= 0.3 is 0 Å². The van der Waals surface area contributed by atoms with E-state index in [9.17, 15) is 4.79 Å². The van der Waals surface area contributed by atoms with Crippen molar-refractivity contribution in [3.63, 3.8) is 0 Å². The van der Waals surface area contributed by atoms with Gasteiger partial charge in [-0.2, -0.15) is 4.98 Å². The fourth-order valence-corrected chi connectivity index (χ4v) is 2.98. The summed E-state index contributed by atoms with van der Waals surface area (Å²) in [6.45, 7) is 6.02. The smallest absolute Gasteiger partial charge is 0.268 e. The topological polar surface area (TPSA) is 83.8 Å². The van der Waals surface area contributed by atoms with Crippen LogP contribution in [0.25, 0.3) is 10.2 Å². The van der Waals surface area contributed by atoms with Crippen molar-refractivity contribution in [1.82, 2.24) is 20.4 Å². The van der Waals surface area contributed by atoms with E-state index in [0.29, 0.717) is 23.3 Å². The lowest BCUT2D eigenvalue weighted by Crippen LogP contribution is -2.27. The molecule has 0 spiro atoms. The number of rotatable bonds is 5. The molecular formula is C15H18N4O2S. The van der Waals surface area contributed by atoms with Gasteiger partial charge in [0.25, 0.3) is 5.91 Å². The maximum absolute atomic E-state index is 12.3. The van der Waals surface area contributed by atoms with Gasteiger partial charge in [0.1, 0.15) is 11.7 Å². The van der Waals surface area contributed by atoms with Gasteiger partial charge in [0.05, 0.1) is 10.2 Å². The van der Waals surface area contributed by atoms with Crippen molar-refractivity contribution in [2.75, 3.05) is 0 Å². The third-order valence-electron chi connectivity index (χ3n) is 3.28. The lowest BCUT2D eigenvalue weighted by atomic mass is 10.1. The van der Waals surface area contributed by atoms with Crippen LogP contribution in [0.2, 0.25) is 0 Å². The highest BCUT2D eigenvalue weighted by molar-refractivity contribution is 7.17. The summed E-state index contributed by atoms with van der Waals surface area (Å²) in [5.41, 5.74) is 1.51. The Kier molecular flexibility index (Phi) is 3.98. The van der Waals surface area contributed by atoms with Gasteiger partial charge in [-0.1, -0.05) is 19.0 Å². The summed E-state index contributed by atoms with van der Waals surface area (Å²) in [6.07, 6.45) is 0.761. The van der Waals surface area contributed by atoms with E-state index in [4.69, 9.17) is 4.52 Å². The number of H-pyrrole nitrogens is 1. The van der Waals surface area contributed by atoms with Gasteiger partial charge < -0.3 is 14.8 Å². The maximum Gasteiger partial charge on any atom is 0.268 e. The van der Waals surface area contributed by atoms with Crippen LogP contribution in [0, 0.1) is 5.92 Å². The first-order valence-electron chi connectivity index (χ1n) is 7.22. The molecule has 3 rings (SSSR count). The van der Waals surface area contributed by atoms with Crippen molar-refractivity contribution in [2.24, 2.45) is 5.92 Å². The minimum absolute atomic E-state index is 0.181. The fourth-order valence-electron chi connectivity index (χ4n) is 2.20. The Morgan fingerprint density at radius 3 is 3.00 bits per heavy atom. The molecule has 1 amide bonds. The molecule has 0 saturated heterocycles. The van der Waals surface area contributed by atoms with E-state index >= 15 is 0 Å². The molecule has 3 aromatic rings. The Balaban J connectivity index is 1.67. The number of carbonyl (C=O) groups excluding carboxylic acids is 1. The third kappa shape index (κ3) is 3.04. The lowest BCUT2D eigenvalue weighted by molar-refractivity contribution is 0.0928. The maximum atomic E-state index is 12.3. The quantitative estimate of drug-likeness (QED) is 0.756. The van der Waals surface area contributed by atoms with E-state index in [2.05, 4.69) is 34.3 Å². The predicted octanol–water partition coefficient (Wildman–Crippen LogP) is 3.30. The molecule has 0 unspecified atom stereocenters. The molecule has 7 heteroatoms. The molecule has 22 heavy (non-hydrogen) atoms. The van der Waals surface area contributed by atoms with Gasteiger partial charge in [-0.25, -0.2) is 0 Å². The zero-order chi connectivity index (χ0) is 15.7. The largest absolute Gasteiger partial charge is 0.350 e. The number of nitrogens with zero attached hydrogens (tertiary/aromatic N) is 2. The average molecular weight is 318 g/mol. The first-order valence-corrected chi connectivity index (χ1v) is 8.10. The standard InChI is InChI=1S/C15H18N4O2S/c1-8(2)6-13-18-15(21-19-13)9(3)16-14(20)11-7-12-10(17-11)4-5-22-12/h4-5,7-9,17H,6H2,1-3H3,(H,16,20)/t9-/m1/s1. The molecule has 0 fully saturated rings. The molecule has 0 bridgehead atoms. The SMILES string of the molecule is CC(C)Cc1noc([C@@H](C)NC(=O)c2cc3sccc3[nH]2)n1. The second-order valence-electron chi connectivity index (χ2n) is 5.72. The number of carbonyl (C=O) groups is 1. The average Bonchev–Trinajstić information content (AvgIpc) is 3.11. The number of aromatic amines is 1. The minimum Gasteiger partial charge on any atom is -0.350 e. The summed E-state index contributed by atoms with van der Waals surface area (Å²) >= 11 is 1.60. The number of hydrogen-bond acceptors (Lipinski definition) is 5. The highest BCUT2D eigenvalue weighted by Gasteiger charge is 2.19. The second-order valence-corrected chi connectivity index (χ2v) is 6.67. The van der Waals surface area contributed by atoms with E-state index in [0.717, 1.165) is 16.6 Å². The first-order chi connectivity index (χ1) is 10.5. The van der Waals surface area contributed by atoms with Gasteiger partial charge in [0.15, 0.2) is 5.82 Å². The number of nitrogens with one attached hydrogen (secondary N) is 2. The molecule has 6 nitrogen and oxygen atoms in total. The van der Waals surface area contributed by atoms with Crippen molar-refractivity contribution < 1.29 is 9.32 Å². The zero-order valence-electron chi connectivity index (χ0n) is 12.7. The van der Waals surface area contributed by atoms with Gasteiger partial charge in [-0.3, -0.25) is 4.79 Å². The third-order valence-corrected chi connectivity index (χ3v) is 4.14. The second kappa shape index (κ2) is 5.92. The number of thiophene rings is 1. The van der Waals surface area contributed by atoms with Gasteiger partial charge in [-0.15, -0.1) is 11.3 Å². The van der Waals surface area contributed by atoms with Crippen LogP contribution >= 0.6 is 11.3 Å². The summed E-state index contributed by atoms with van der Waals surface area (Å²) in [4.78, 5) is 19.7. The van der Waals surface area contributed by atoms with Crippen LogP contribution < -0.4 is 5.32 Å². The molecule has 116 valence electrons. The number of hydrogen-bond donors (Lipinski definition) is 2. The first kappa shape index (κ1) is 14.8. The van der Waals surface area contributed by atoms with Gasteiger partial charge in [0, 0.05) is 6.42 Å². The Morgan fingerprint density at radius 2 is 2.27 bits per heavy atom. The normalized spacial score (nSPS) is 12.9. The summed E-state index contributed by atoms with van der Waals surface area (Å²) < 4.78 is 6.29. The van der Waals surface area contributed by atoms with Crippen molar-refractivity contribution in [3.05, 3.63) is 34.9 Å². The van der Waals surface area contributed by atoms with E-state index in [1.54, 1.807) is 11.3 Å². The van der Waals surface area contributed by atoms with E-state index in [1.807, 2.05) is 24.4 Å². The van der Waals surface area contributed by atoms with Crippen LogP contribution in [0.5, 0.6) is 0 Å². The molecule has 0 radical (unpaired) electrons. The fraction of sp³-hybridized carbons (Fsp3) is 0.400. The highest BCUT2D eigenvalue weighted by Crippen LogP contribution is 2.21. The Hall–Kier alpha value is -2.15. The Labute approximate surface area is 131 Å². The molecule has 2 N–H and O–H groups in total. The molecule has 0 aliphatic carbocycles. The minimum atomic E-state index is -0.331. The highest BCUT2D eigenvalue weighted by atomic mass is 32.1. The number of fused-ring (bicyclic) bond motifs is 1. The molecule has 0 aliphatic rings. The van der Waals surface area contributed by atoms with E-state index in [1.165, 1.54) is 0 Å². The molecular weight excluding hydrogens is 300 g/mol. The van der Waals surface area contributed by atoms with Crippen LogP contribution in [-0.4, -0.2) is 21.0 Å². The Morgan fingerprint density at radius 1 is 1.45 bits per heavy atom. The molecule has 3 aromatic heterocycles. The summed E-state index contributed by atoms with van der Waals surface area (Å²) in [5, 5.41) is 8.79. The van der Waals surface area contributed by atoms with Crippen molar-refractivity contribution in [2.45, 2.75) is 33.2 Å². The van der Waals surface area contributed by atoms with Crippen LogP contribution in [0.4, 0.5) is 0 Å². The van der Waals surface area contributed by atoms with Crippen molar-refractivity contribution >= 4 is 27.5 Å². The Bertz CT molecular complexity index is 758. The zero-order valence-corrected chi connectivity index (χ0v) is 13.5. The summed E-state index contributed by atoms with van der Waals surface area (Å²) in [5.74, 6) is 1.38. The predicted molar refractivity (Wildman–Crippen MR) is 84.9 cm³/mol. The molecule has 0 aliphatic heterocycles. The monoisotopic (exact) mass is 318 g/mol. The van der Waals surface area contributed by atoms with Crippen LogP contribution in [0.15, 0.2) is 22.0 Å². The molecule has 0 saturated carbocycles. The van der Waals surface area contributed by atoms with Crippen LogP contribution in [0.3, 0.4) is 0 Å². The van der Waals surface area contributed by atoms with E-state index < -0.39 is 0 Å². The molecule has 3 heterocycles. The number of amides is 1. The van der Waals surface area contributed by atoms with Gasteiger partial charge in [0.2, 0.25) is 5.89 Å². The van der Waals surface area contributed by atoms with Crippen LogP contribution in [0.1, 0.15) is 49.0 Å². The molecule has 1 atom stereocenters. The van der Waals surface area contributed by atoms with Crippen molar-refractivity contribution in [3.8, 4) is 0 Å². The summed E-state index contributed by atoms with van der Waals surface area (Å²) in [7, 11) is 0. The van der Waals surface area contributed by atoms with E-state index in [-0.39, 0.29) is 11.9 Å². The molecule has 0 aromatic carbocycles. The van der Waals surface area contributed by atoms with Crippen LogP contribution in [-0.2, 0) is 6.42 Å².